The zero-order valence-corrected chi connectivity index (χ0v) is 16.4. The van der Waals surface area contributed by atoms with E-state index >= 15 is 0 Å². The first-order valence-electron chi connectivity index (χ1n) is 9.00. The average Bonchev–Trinajstić information content (AvgIpc) is 2.63. The summed E-state index contributed by atoms with van der Waals surface area (Å²) < 4.78 is 23.5. The van der Waals surface area contributed by atoms with E-state index in [9.17, 15) is 13.2 Å². The molecule has 1 aliphatic carbocycles. The van der Waals surface area contributed by atoms with Gasteiger partial charge in [-0.1, -0.05) is 18.9 Å². The lowest BCUT2D eigenvalue weighted by Crippen LogP contribution is -2.42. The maximum absolute atomic E-state index is 11.8. The molecule has 150 valence electrons. The molecular formula is C18H24N6O3S. The summed E-state index contributed by atoms with van der Waals surface area (Å²) in [6, 6.07) is 6.30. The number of aromatic nitrogens is 2. The molecular weight excluding hydrogens is 380 g/mol. The number of anilines is 3. The van der Waals surface area contributed by atoms with E-state index in [1.54, 1.807) is 12.1 Å². The van der Waals surface area contributed by atoms with Crippen molar-refractivity contribution in [3.8, 4) is 0 Å². The number of carbonyl (C=O) groups is 1. The summed E-state index contributed by atoms with van der Waals surface area (Å²) in [5.41, 5.74) is 12.0. The SMILES string of the molecule is CS(=O)(=O)c1cccc(Nc2nc(NC3CCCCC3N)cnc2C(N)=O)c1. The Kier molecular flexibility index (Phi) is 5.80. The first kappa shape index (κ1) is 20.0. The van der Waals surface area contributed by atoms with Crippen LogP contribution in [0.15, 0.2) is 35.4 Å². The van der Waals surface area contributed by atoms with Crippen molar-refractivity contribution >= 4 is 33.1 Å². The Labute approximate surface area is 163 Å². The molecule has 2 atom stereocenters. The minimum absolute atomic E-state index is 0.0224. The number of sulfone groups is 1. The van der Waals surface area contributed by atoms with Gasteiger partial charge in [0.25, 0.3) is 5.91 Å². The molecule has 0 bridgehead atoms. The Morgan fingerprint density at radius 2 is 2.00 bits per heavy atom. The molecule has 0 aliphatic heterocycles. The molecule has 0 saturated heterocycles. The molecule has 0 spiro atoms. The number of hydrogen-bond acceptors (Lipinski definition) is 8. The molecule has 1 aliphatic rings. The Morgan fingerprint density at radius 1 is 1.25 bits per heavy atom. The van der Waals surface area contributed by atoms with Gasteiger partial charge >= 0.3 is 0 Å². The molecule has 2 unspecified atom stereocenters. The second-order valence-electron chi connectivity index (χ2n) is 6.94. The van der Waals surface area contributed by atoms with Gasteiger partial charge in [-0.2, -0.15) is 0 Å². The highest BCUT2D eigenvalue weighted by Crippen LogP contribution is 2.24. The summed E-state index contributed by atoms with van der Waals surface area (Å²) >= 11 is 0. The fourth-order valence-corrected chi connectivity index (χ4v) is 3.86. The van der Waals surface area contributed by atoms with Crippen LogP contribution in [-0.2, 0) is 9.84 Å². The molecule has 1 aromatic heterocycles. The largest absolute Gasteiger partial charge is 0.364 e. The first-order valence-corrected chi connectivity index (χ1v) is 10.9. The summed E-state index contributed by atoms with van der Waals surface area (Å²) in [5, 5.41) is 6.22. The molecule has 3 rings (SSSR count). The topological polar surface area (TPSA) is 153 Å². The van der Waals surface area contributed by atoms with Crippen LogP contribution in [0.4, 0.5) is 17.3 Å². The number of nitrogens with one attached hydrogen (secondary N) is 2. The maximum atomic E-state index is 11.8. The van der Waals surface area contributed by atoms with Gasteiger partial charge in [-0.15, -0.1) is 0 Å². The number of carbonyl (C=O) groups excluding carboxylic acids is 1. The maximum Gasteiger partial charge on any atom is 0.271 e. The molecule has 1 saturated carbocycles. The lowest BCUT2D eigenvalue weighted by atomic mass is 9.91. The Hall–Kier alpha value is -2.72. The lowest BCUT2D eigenvalue weighted by Gasteiger charge is -2.29. The number of benzene rings is 1. The van der Waals surface area contributed by atoms with Crippen LogP contribution in [0.5, 0.6) is 0 Å². The van der Waals surface area contributed by atoms with Crippen molar-refractivity contribution in [2.24, 2.45) is 11.5 Å². The van der Waals surface area contributed by atoms with Crippen LogP contribution in [0.1, 0.15) is 36.2 Å². The third kappa shape index (κ3) is 4.76. The van der Waals surface area contributed by atoms with Gasteiger partial charge in [0, 0.05) is 24.0 Å². The third-order valence-corrected chi connectivity index (χ3v) is 5.79. The van der Waals surface area contributed by atoms with Crippen molar-refractivity contribution in [2.45, 2.75) is 42.7 Å². The summed E-state index contributed by atoms with van der Waals surface area (Å²) in [5.74, 6) is -0.128. The minimum Gasteiger partial charge on any atom is -0.364 e. The van der Waals surface area contributed by atoms with Gasteiger partial charge in [0.1, 0.15) is 5.82 Å². The number of hydrogen-bond donors (Lipinski definition) is 4. The van der Waals surface area contributed by atoms with E-state index < -0.39 is 15.7 Å². The standard InChI is InChI=1S/C18H24N6O3S/c1-28(26,27)12-6-4-5-11(9-12)22-18-16(17(20)25)21-10-15(24-18)23-14-8-3-2-7-13(14)19/h4-6,9-10,13-14H,2-3,7-8,19H2,1H3,(H2,20,25)(H2,22,23,24). The molecule has 10 heteroatoms. The third-order valence-electron chi connectivity index (χ3n) is 4.68. The molecule has 2 aromatic rings. The van der Waals surface area contributed by atoms with E-state index in [4.69, 9.17) is 11.5 Å². The van der Waals surface area contributed by atoms with Crippen molar-refractivity contribution in [1.82, 2.24) is 9.97 Å². The fourth-order valence-electron chi connectivity index (χ4n) is 3.20. The lowest BCUT2D eigenvalue weighted by molar-refractivity contribution is 0.0996. The van der Waals surface area contributed by atoms with Crippen molar-refractivity contribution < 1.29 is 13.2 Å². The van der Waals surface area contributed by atoms with Gasteiger partial charge in [-0.3, -0.25) is 4.79 Å². The summed E-state index contributed by atoms with van der Waals surface area (Å²) in [6.07, 6.45) is 6.63. The second kappa shape index (κ2) is 8.11. The normalized spacial score (nSPS) is 19.8. The van der Waals surface area contributed by atoms with Gasteiger partial charge in [0.15, 0.2) is 21.3 Å². The Morgan fingerprint density at radius 3 is 2.68 bits per heavy atom. The van der Waals surface area contributed by atoms with E-state index in [-0.39, 0.29) is 28.5 Å². The van der Waals surface area contributed by atoms with Gasteiger partial charge in [-0.25, -0.2) is 18.4 Å². The number of nitrogens with two attached hydrogens (primary N) is 2. The summed E-state index contributed by atoms with van der Waals surface area (Å²) in [6.45, 7) is 0. The van der Waals surface area contributed by atoms with E-state index in [2.05, 4.69) is 20.6 Å². The predicted octanol–water partition coefficient (Wildman–Crippen LogP) is 1.40. The highest BCUT2D eigenvalue weighted by atomic mass is 32.2. The molecule has 1 fully saturated rings. The molecule has 1 amide bonds. The smallest absolute Gasteiger partial charge is 0.271 e. The van der Waals surface area contributed by atoms with Gasteiger partial charge < -0.3 is 22.1 Å². The van der Waals surface area contributed by atoms with Crippen molar-refractivity contribution in [2.75, 3.05) is 16.9 Å². The molecule has 1 aromatic carbocycles. The van der Waals surface area contributed by atoms with Crippen molar-refractivity contribution in [3.63, 3.8) is 0 Å². The average molecular weight is 404 g/mol. The number of amides is 1. The van der Waals surface area contributed by atoms with Gasteiger partial charge in [0.05, 0.1) is 11.1 Å². The van der Waals surface area contributed by atoms with Crippen molar-refractivity contribution in [3.05, 3.63) is 36.2 Å². The van der Waals surface area contributed by atoms with Crippen molar-refractivity contribution in [1.29, 1.82) is 0 Å². The molecule has 0 radical (unpaired) electrons. The fraction of sp³-hybridized carbons (Fsp3) is 0.389. The molecule has 1 heterocycles. The van der Waals surface area contributed by atoms with Gasteiger partial charge in [-0.05, 0) is 31.0 Å². The van der Waals surface area contributed by atoms with Gasteiger partial charge in [0.2, 0.25) is 0 Å². The number of rotatable bonds is 6. The van der Waals surface area contributed by atoms with E-state index in [1.165, 1.54) is 18.3 Å². The quantitative estimate of drug-likeness (QED) is 0.563. The van der Waals surface area contributed by atoms with Crippen LogP contribution in [0.25, 0.3) is 0 Å². The zero-order chi connectivity index (χ0) is 20.3. The highest BCUT2D eigenvalue weighted by Gasteiger charge is 2.23. The molecule has 28 heavy (non-hydrogen) atoms. The van der Waals surface area contributed by atoms with E-state index in [1.807, 2.05) is 0 Å². The van der Waals surface area contributed by atoms with Crippen LogP contribution >= 0.6 is 0 Å². The van der Waals surface area contributed by atoms with E-state index in [0.717, 1.165) is 31.9 Å². The highest BCUT2D eigenvalue weighted by molar-refractivity contribution is 7.90. The first-order chi connectivity index (χ1) is 13.2. The molecule has 9 nitrogen and oxygen atoms in total. The van der Waals surface area contributed by atoms with Crippen LogP contribution < -0.4 is 22.1 Å². The number of primary amides is 1. The van der Waals surface area contributed by atoms with Crippen LogP contribution in [0.2, 0.25) is 0 Å². The summed E-state index contributed by atoms with van der Waals surface area (Å²) in [4.78, 5) is 20.4. The van der Waals surface area contributed by atoms with Crippen LogP contribution in [0, 0.1) is 0 Å². The monoisotopic (exact) mass is 404 g/mol. The second-order valence-corrected chi connectivity index (χ2v) is 8.96. The minimum atomic E-state index is -3.37. The van der Waals surface area contributed by atoms with Crippen LogP contribution in [-0.4, -0.2) is 42.6 Å². The van der Waals surface area contributed by atoms with Crippen LogP contribution in [0.3, 0.4) is 0 Å². The predicted molar refractivity (Wildman–Crippen MR) is 107 cm³/mol. The zero-order valence-electron chi connectivity index (χ0n) is 15.6. The summed E-state index contributed by atoms with van der Waals surface area (Å²) in [7, 11) is -3.37. The molecule has 6 N–H and O–H groups in total. The Balaban J connectivity index is 1.89. The number of nitrogens with zero attached hydrogens (tertiary/aromatic N) is 2. The van der Waals surface area contributed by atoms with E-state index in [0.29, 0.717) is 11.5 Å². The Bertz CT molecular complexity index is 979.